The molecule has 152 valence electrons. The van der Waals surface area contributed by atoms with Crippen LogP contribution in [-0.2, 0) is 4.79 Å². The first-order valence-corrected chi connectivity index (χ1v) is 9.56. The minimum Gasteiger partial charge on any atom is -0.492 e. The van der Waals surface area contributed by atoms with E-state index in [1.54, 1.807) is 0 Å². The van der Waals surface area contributed by atoms with E-state index in [0.29, 0.717) is 13.2 Å². The zero-order chi connectivity index (χ0) is 19.2. The molecule has 3 atom stereocenters. The van der Waals surface area contributed by atoms with Crippen molar-refractivity contribution in [3.63, 3.8) is 0 Å². The topological polar surface area (TPSA) is 67.6 Å². The van der Waals surface area contributed by atoms with Crippen molar-refractivity contribution in [1.82, 2.24) is 10.2 Å². The van der Waals surface area contributed by atoms with Gasteiger partial charge in [0.25, 0.3) is 0 Å². The standard InChI is InChI=1S/C22H29N3O2.ClH/c1-16-7-6-10-19(13-16)27-12-11-24-22(26)17(2)25-14-20(21(23)15-25)18-8-4-3-5-9-18;/h3-10,13,17,20-21H,11-12,14-15,23H2,1-2H3,(H,24,26);1H/t17?,20-,21+;/m0./s1. The lowest BCUT2D eigenvalue weighted by Gasteiger charge is -2.23. The summed E-state index contributed by atoms with van der Waals surface area (Å²) in [5, 5.41) is 2.97. The molecule has 28 heavy (non-hydrogen) atoms. The van der Waals surface area contributed by atoms with Crippen LogP contribution in [0.2, 0.25) is 0 Å². The summed E-state index contributed by atoms with van der Waals surface area (Å²) in [4.78, 5) is 14.7. The van der Waals surface area contributed by atoms with Crippen LogP contribution >= 0.6 is 12.4 Å². The monoisotopic (exact) mass is 403 g/mol. The van der Waals surface area contributed by atoms with Gasteiger partial charge < -0.3 is 15.8 Å². The third-order valence-corrected chi connectivity index (χ3v) is 5.21. The fourth-order valence-corrected chi connectivity index (χ4v) is 3.59. The number of nitrogens with zero attached hydrogens (tertiary/aromatic N) is 1. The van der Waals surface area contributed by atoms with E-state index in [1.807, 2.05) is 56.3 Å². The number of likely N-dealkylation sites (tertiary alicyclic amines) is 1. The van der Waals surface area contributed by atoms with E-state index >= 15 is 0 Å². The largest absolute Gasteiger partial charge is 0.492 e. The van der Waals surface area contributed by atoms with E-state index in [9.17, 15) is 4.79 Å². The van der Waals surface area contributed by atoms with Gasteiger partial charge in [-0.15, -0.1) is 12.4 Å². The van der Waals surface area contributed by atoms with Crippen LogP contribution in [0.15, 0.2) is 54.6 Å². The van der Waals surface area contributed by atoms with E-state index in [1.165, 1.54) is 5.56 Å². The molecule has 1 aliphatic heterocycles. The Morgan fingerprint density at radius 3 is 2.68 bits per heavy atom. The first-order chi connectivity index (χ1) is 13.0. The highest BCUT2D eigenvalue weighted by molar-refractivity contribution is 5.85. The van der Waals surface area contributed by atoms with Gasteiger partial charge in [-0.2, -0.15) is 0 Å². The molecule has 1 amide bonds. The van der Waals surface area contributed by atoms with E-state index in [4.69, 9.17) is 10.5 Å². The molecule has 1 heterocycles. The highest BCUT2D eigenvalue weighted by atomic mass is 35.5. The Morgan fingerprint density at radius 1 is 1.21 bits per heavy atom. The van der Waals surface area contributed by atoms with Crippen molar-refractivity contribution in [3.05, 3.63) is 65.7 Å². The molecule has 3 N–H and O–H groups in total. The van der Waals surface area contributed by atoms with Gasteiger partial charge in [-0.3, -0.25) is 9.69 Å². The third-order valence-electron chi connectivity index (χ3n) is 5.21. The molecule has 0 aromatic heterocycles. The van der Waals surface area contributed by atoms with Crippen molar-refractivity contribution in [2.75, 3.05) is 26.2 Å². The average Bonchev–Trinajstić information content (AvgIpc) is 3.07. The fraction of sp³-hybridized carbons (Fsp3) is 0.409. The molecule has 1 aliphatic rings. The molecule has 0 radical (unpaired) electrons. The number of carbonyl (C=O) groups excluding carboxylic acids is 1. The number of aryl methyl sites for hydroxylation is 1. The number of ether oxygens (including phenoxy) is 1. The molecule has 0 bridgehead atoms. The lowest BCUT2D eigenvalue weighted by Crippen LogP contribution is -2.45. The number of carbonyl (C=O) groups is 1. The van der Waals surface area contributed by atoms with Crippen LogP contribution in [-0.4, -0.2) is 49.1 Å². The van der Waals surface area contributed by atoms with Gasteiger partial charge in [-0.05, 0) is 37.1 Å². The summed E-state index contributed by atoms with van der Waals surface area (Å²) in [6.45, 7) is 6.44. The van der Waals surface area contributed by atoms with E-state index in [-0.39, 0.29) is 36.3 Å². The smallest absolute Gasteiger partial charge is 0.237 e. The first-order valence-electron chi connectivity index (χ1n) is 9.56. The van der Waals surface area contributed by atoms with Crippen LogP contribution in [0.5, 0.6) is 5.75 Å². The van der Waals surface area contributed by atoms with Crippen LogP contribution < -0.4 is 15.8 Å². The second-order valence-electron chi connectivity index (χ2n) is 7.27. The summed E-state index contributed by atoms with van der Waals surface area (Å²) in [6, 6.07) is 18.1. The van der Waals surface area contributed by atoms with Gasteiger partial charge in [0, 0.05) is 25.0 Å². The molecule has 3 rings (SSSR count). The molecular weight excluding hydrogens is 374 g/mol. The van der Waals surface area contributed by atoms with Crippen molar-refractivity contribution in [2.45, 2.75) is 31.8 Å². The number of hydrogen-bond donors (Lipinski definition) is 2. The molecule has 0 saturated carbocycles. The molecule has 2 aromatic carbocycles. The second-order valence-corrected chi connectivity index (χ2v) is 7.27. The number of halogens is 1. The fourth-order valence-electron chi connectivity index (χ4n) is 3.59. The Hall–Kier alpha value is -2.08. The summed E-state index contributed by atoms with van der Waals surface area (Å²) >= 11 is 0. The highest BCUT2D eigenvalue weighted by Crippen LogP contribution is 2.27. The number of nitrogens with two attached hydrogens (primary N) is 1. The Balaban J connectivity index is 0.00000280. The lowest BCUT2D eigenvalue weighted by atomic mass is 9.95. The number of nitrogens with one attached hydrogen (secondary N) is 1. The Morgan fingerprint density at radius 2 is 1.96 bits per heavy atom. The van der Waals surface area contributed by atoms with Gasteiger partial charge in [-0.1, -0.05) is 42.5 Å². The zero-order valence-electron chi connectivity index (χ0n) is 16.5. The predicted octanol–water partition coefficient (Wildman–Crippen LogP) is 2.73. The maximum atomic E-state index is 12.5. The van der Waals surface area contributed by atoms with Crippen LogP contribution in [0.4, 0.5) is 0 Å². The van der Waals surface area contributed by atoms with Crippen LogP contribution in [0.3, 0.4) is 0 Å². The van der Waals surface area contributed by atoms with Crippen molar-refractivity contribution in [3.8, 4) is 5.75 Å². The van der Waals surface area contributed by atoms with E-state index in [0.717, 1.165) is 24.4 Å². The molecule has 0 aliphatic carbocycles. The minimum atomic E-state index is -0.205. The molecule has 6 heteroatoms. The Labute approximate surface area is 173 Å². The quantitative estimate of drug-likeness (QED) is 0.697. The summed E-state index contributed by atoms with van der Waals surface area (Å²) in [5.74, 6) is 1.11. The van der Waals surface area contributed by atoms with Gasteiger partial charge in [0.15, 0.2) is 0 Å². The van der Waals surface area contributed by atoms with E-state index < -0.39 is 0 Å². The SMILES string of the molecule is Cc1cccc(OCCNC(=O)C(C)N2C[C@@H](N)[C@H](c3ccccc3)C2)c1.Cl. The molecular formula is C22H30ClN3O2. The third kappa shape index (κ3) is 5.71. The number of amides is 1. The number of hydrogen-bond acceptors (Lipinski definition) is 4. The summed E-state index contributed by atoms with van der Waals surface area (Å²) in [7, 11) is 0. The minimum absolute atomic E-state index is 0. The van der Waals surface area contributed by atoms with Gasteiger partial charge in [0.2, 0.25) is 5.91 Å². The van der Waals surface area contributed by atoms with Crippen LogP contribution in [0, 0.1) is 6.92 Å². The van der Waals surface area contributed by atoms with Crippen molar-refractivity contribution in [1.29, 1.82) is 0 Å². The summed E-state index contributed by atoms with van der Waals surface area (Å²) in [6.07, 6.45) is 0. The maximum absolute atomic E-state index is 12.5. The Kier molecular flexibility index (Phi) is 8.30. The summed E-state index contributed by atoms with van der Waals surface area (Å²) in [5.41, 5.74) is 8.74. The summed E-state index contributed by atoms with van der Waals surface area (Å²) < 4.78 is 5.69. The van der Waals surface area contributed by atoms with Crippen LogP contribution in [0.1, 0.15) is 24.0 Å². The average molecular weight is 404 g/mol. The second kappa shape index (κ2) is 10.5. The number of rotatable bonds is 7. The van der Waals surface area contributed by atoms with Crippen molar-refractivity contribution in [2.24, 2.45) is 5.73 Å². The van der Waals surface area contributed by atoms with Crippen molar-refractivity contribution >= 4 is 18.3 Å². The molecule has 5 nitrogen and oxygen atoms in total. The van der Waals surface area contributed by atoms with Gasteiger partial charge in [0.1, 0.15) is 12.4 Å². The van der Waals surface area contributed by atoms with Gasteiger partial charge in [0.05, 0.1) is 12.6 Å². The Bertz CT molecular complexity index is 756. The van der Waals surface area contributed by atoms with Gasteiger partial charge in [-0.25, -0.2) is 0 Å². The lowest BCUT2D eigenvalue weighted by molar-refractivity contribution is -0.125. The molecule has 1 saturated heterocycles. The van der Waals surface area contributed by atoms with Crippen LogP contribution in [0.25, 0.3) is 0 Å². The van der Waals surface area contributed by atoms with Crippen molar-refractivity contribution < 1.29 is 9.53 Å². The predicted molar refractivity (Wildman–Crippen MR) is 115 cm³/mol. The molecule has 0 spiro atoms. The highest BCUT2D eigenvalue weighted by Gasteiger charge is 2.35. The maximum Gasteiger partial charge on any atom is 0.237 e. The zero-order valence-corrected chi connectivity index (χ0v) is 17.3. The normalized spacial score (nSPS) is 20.2. The molecule has 2 aromatic rings. The molecule has 1 unspecified atom stereocenters. The number of benzene rings is 2. The molecule has 1 fully saturated rings. The van der Waals surface area contributed by atoms with E-state index in [2.05, 4.69) is 22.3 Å². The first kappa shape index (κ1) is 22.2. The van der Waals surface area contributed by atoms with Gasteiger partial charge >= 0.3 is 0 Å².